The molecule has 134 valence electrons. The van der Waals surface area contributed by atoms with E-state index < -0.39 is 0 Å². The molecule has 3 aromatic rings. The first-order valence-corrected chi connectivity index (χ1v) is 8.89. The lowest BCUT2D eigenvalue weighted by atomic mass is 9.92. The van der Waals surface area contributed by atoms with E-state index in [1.807, 2.05) is 12.1 Å². The summed E-state index contributed by atoms with van der Waals surface area (Å²) in [5, 5.41) is 10.4. The van der Waals surface area contributed by atoms with Crippen molar-refractivity contribution in [1.29, 1.82) is 5.26 Å². The Morgan fingerprint density at radius 1 is 1.22 bits per heavy atom. The van der Waals surface area contributed by atoms with Crippen molar-refractivity contribution in [1.82, 2.24) is 4.57 Å². The minimum Gasteiger partial charge on any atom is -0.493 e. The number of carbonyl (C=O) groups is 1. The van der Waals surface area contributed by atoms with Crippen LogP contribution in [0.1, 0.15) is 23.2 Å². The number of fused-ring (bicyclic) bond motifs is 2. The van der Waals surface area contributed by atoms with Gasteiger partial charge in [0.05, 0.1) is 18.2 Å². The van der Waals surface area contributed by atoms with Crippen molar-refractivity contribution in [3.8, 4) is 22.9 Å². The Balaban J connectivity index is 2.07. The number of pyridine rings is 1. The molecular formula is C22H18N2O3. The third kappa shape index (κ3) is 2.80. The van der Waals surface area contributed by atoms with Gasteiger partial charge in [-0.15, -0.1) is 0 Å². The lowest BCUT2D eigenvalue weighted by Gasteiger charge is -2.20. The average molecular weight is 358 g/mol. The molecule has 0 atom stereocenters. The van der Waals surface area contributed by atoms with Gasteiger partial charge in [-0.2, -0.15) is 5.26 Å². The smallest absolute Gasteiger partial charge is 0.258 e. The molecular weight excluding hydrogens is 340 g/mol. The van der Waals surface area contributed by atoms with E-state index in [0.717, 1.165) is 53.6 Å². The Bertz CT molecular complexity index is 1170. The molecule has 2 heterocycles. The van der Waals surface area contributed by atoms with Gasteiger partial charge in [-0.25, -0.2) is 0 Å². The Labute approximate surface area is 156 Å². The quantitative estimate of drug-likeness (QED) is 0.674. The van der Waals surface area contributed by atoms with Crippen molar-refractivity contribution in [3.05, 3.63) is 63.6 Å². The monoisotopic (exact) mass is 358 g/mol. The highest BCUT2D eigenvalue weighted by Gasteiger charge is 2.19. The number of aromatic nitrogens is 1. The highest BCUT2D eigenvalue weighted by Crippen LogP contribution is 2.35. The fourth-order valence-corrected chi connectivity index (χ4v) is 3.79. The summed E-state index contributed by atoms with van der Waals surface area (Å²) in [4.78, 5) is 24.1. The summed E-state index contributed by atoms with van der Waals surface area (Å²) in [6, 6.07) is 13.2. The minimum absolute atomic E-state index is 0.143. The highest BCUT2D eigenvalue weighted by molar-refractivity contribution is 5.98. The highest BCUT2D eigenvalue weighted by atomic mass is 16.5. The molecule has 1 aromatic heterocycles. The molecule has 0 saturated carbocycles. The molecule has 0 unspecified atom stereocenters. The molecule has 4 rings (SSSR count). The summed E-state index contributed by atoms with van der Waals surface area (Å²) in [6.07, 6.45) is 2.87. The van der Waals surface area contributed by atoms with Crippen molar-refractivity contribution >= 4 is 17.1 Å². The second kappa shape index (κ2) is 6.73. The van der Waals surface area contributed by atoms with Crippen LogP contribution in [0.15, 0.2) is 41.2 Å². The van der Waals surface area contributed by atoms with Crippen LogP contribution >= 0.6 is 0 Å². The first kappa shape index (κ1) is 17.0. The maximum Gasteiger partial charge on any atom is 0.258 e. The van der Waals surface area contributed by atoms with E-state index in [2.05, 4.69) is 12.1 Å². The van der Waals surface area contributed by atoms with Crippen molar-refractivity contribution in [2.45, 2.75) is 19.3 Å². The SMILES string of the molecule is Cn1c(CC=O)c(-c2ccc3c(c2)CCCO3)c2ccc(C#N)cc2c1=O. The van der Waals surface area contributed by atoms with Crippen LogP contribution in [0.2, 0.25) is 0 Å². The molecule has 5 heteroatoms. The summed E-state index contributed by atoms with van der Waals surface area (Å²) < 4.78 is 7.22. The van der Waals surface area contributed by atoms with Crippen LogP contribution in [-0.4, -0.2) is 17.5 Å². The standard InChI is InChI=1S/C22H18N2O3/c1-24-19(8-9-25)21(16-5-7-20-15(12-16)3-2-10-27-20)17-6-4-14(13-23)11-18(17)22(24)26/h4-7,9,11-12H,2-3,8,10H2,1H3. The zero-order valence-electron chi connectivity index (χ0n) is 15.0. The molecule has 0 N–H and O–H groups in total. The lowest BCUT2D eigenvalue weighted by Crippen LogP contribution is -2.22. The van der Waals surface area contributed by atoms with E-state index in [-0.39, 0.29) is 12.0 Å². The summed E-state index contributed by atoms with van der Waals surface area (Å²) in [6.45, 7) is 0.725. The van der Waals surface area contributed by atoms with Crippen molar-refractivity contribution in [2.24, 2.45) is 7.05 Å². The Hall–Kier alpha value is -3.39. The van der Waals surface area contributed by atoms with Crippen LogP contribution in [0.4, 0.5) is 0 Å². The maximum atomic E-state index is 12.8. The van der Waals surface area contributed by atoms with Crippen molar-refractivity contribution in [3.63, 3.8) is 0 Å². The van der Waals surface area contributed by atoms with Gasteiger partial charge in [-0.3, -0.25) is 4.79 Å². The van der Waals surface area contributed by atoms with E-state index in [1.165, 1.54) is 4.57 Å². The molecule has 0 amide bonds. The third-order valence-electron chi connectivity index (χ3n) is 5.12. The number of hydrogen-bond donors (Lipinski definition) is 0. The topological polar surface area (TPSA) is 72.1 Å². The predicted octanol–water partition coefficient (Wildman–Crippen LogP) is 3.14. The average Bonchev–Trinajstić information content (AvgIpc) is 2.71. The fraction of sp³-hybridized carbons (Fsp3) is 0.227. The zero-order valence-corrected chi connectivity index (χ0v) is 15.0. The van der Waals surface area contributed by atoms with Crippen molar-refractivity contribution < 1.29 is 9.53 Å². The number of aldehydes is 1. The Morgan fingerprint density at radius 3 is 2.85 bits per heavy atom. The summed E-state index contributed by atoms with van der Waals surface area (Å²) in [5.74, 6) is 0.892. The summed E-state index contributed by atoms with van der Waals surface area (Å²) in [7, 11) is 1.67. The van der Waals surface area contributed by atoms with Gasteiger partial charge in [-0.1, -0.05) is 12.1 Å². The number of nitriles is 1. The van der Waals surface area contributed by atoms with Crippen LogP contribution in [-0.2, 0) is 24.7 Å². The molecule has 0 spiro atoms. The van der Waals surface area contributed by atoms with Crippen LogP contribution in [0.25, 0.3) is 21.9 Å². The van der Waals surface area contributed by atoms with Crippen molar-refractivity contribution in [2.75, 3.05) is 6.61 Å². The maximum absolute atomic E-state index is 12.8. The number of aryl methyl sites for hydroxylation is 1. The fourth-order valence-electron chi connectivity index (χ4n) is 3.79. The minimum atomic E-state index is -0.205. The molecule has 0 radical (unpaired) electrons. The van der Waals surface area contributed by atoms with E-state index >= 15 is 0 Å². The van der Waals surface area contributed by atoms with E-state index in [1.54, 1.807) is 25.2 Å². The predicted molar refractivity (Wildman–Crippen MR) is 103 cm³/mol. The van der Waals surface area contributed by atoms with E-state index in [0.29, 0.717) is 16.6 Å². The zero-order chi connectivity index (χ0) is 19.0. The van der Waals surface area contributed by atoms with Gasteiger partial charge < -0.3 is 14.1 Å². The molecule has 0 bridgehead atoms. The number of nitrogens with zero attached hydrogens (tertiary/aromatic N) is 2. The van der Waals surface area contributed by atoms with Crippen LogP contribution in [0.5, 0.6) is 5.75 Å². The van der Waals surface area contributed by atoms with Gasteiger partial charge in [0.15, 0.2) is 0 Å². The van der Waals surface area contributed by atoms with Gasteiger partial charge in [0, 0.05) is 30.1 Å². The normalized spacial score (nSPS) is 12.9. The van der Waals surface area contributed by atoms with Gasteiger partial charge in [0.1, 0.15) is 12.0 Å². The van der Waals surface area contributed by atoms with Crippen LogP contribution < -0.4 is 10.3 Å². The Kier molecular flexibility index (Phi) is 4.25. The van der Waals surface area contributed by atoms with Gasteiger partial charge in [-0.05, 0) is 53.6 Å². The van der Waals surface area contributed by atoms with E-state index in [4.69, 9.17) is 4.74 Å². The van der Waals surface area contributed by atoms with Gasteiger partial charge in [0.25, 0.3) is 5.56 Å². The molecule has 5 nitrogen and oxygen atoms in total. The first-order chi connectivity index (χ1) is 13.1. The third-order valence-corrected chi connectivity index (χ3v) is 5.12. The number of rotatable bonds is 3. The van der Waals surface area contributed by atoms with Crippen LogP contribution in [0.3, 0.4) is 0 Å². The van der Waals surface area contributed by atoms with Gasteiger partial charge in [0.2, 0.25) is 0 Å². The molecule has 0 fully saturated rings. The lowest BCUT2D eigenvalue weighted by molar-refractivity contribution is -0.107. The van der Waals surface area contributed by atoms with Gasteiger partial charge >= 0.3 is 0 Å². The summed E-state index contributed by atoms with van der Waals surface area (Å²) in [5.41, 5.74) is 3.84. The molecule has 1 aliphatic heterocycles. The summed E-state index contributed by atoms with van der Waals surface area (Å²) >= 11 is 0. The van der Waals surface area contributed by atoms with E-state index in [9.17, 15) is 14.9 Å². The molecule has 0 saturated heterocycles. The first-order valence-electron chi connectivity index (χ1n) is 8.89. The Morgan fingerprint density at radius 2 is 2.07 bits per heavy atom. The number of carbonyl (C=O) groups excluding carboxylic acids is 1. The number of benzene rings is 2. The second-order valence-corrected chi connectivity index (χ2v) is 6.70. The molecule has 2 aromatic carbocycles. The van der Waals surface area contributed by atoms with Crippen LogP contribution in [0, 0.1) is 11.3 Å². The molecule has 27 heavy (non-hydrogen) atoms. The largest absolute Gasteiger partial charge is 0.493 e. The number of hydrogen-bond acceptors (Lipinski definition) is 4. The number of ether oxygens (including phenoxy) is 1. The molecule has 1 aliphatic rings. The second-order valence-electron chi connectivity index (χ2n) is 6.70. The molecule has 0 aliphatic carbocycles.